The molecule has 0 fully saturated rings. The van der Waals surface area contributed by atoms with Gasteiger partial charge in [-0.25, -0.2) is 0 Å². The number of ether oxygens (including phenoxy) is 3. The Balaban J connectivity index is 1.56. The number of fused-ring (bicyclic) bond motifs is 1. The summed E-state index contributed by atoms with van der Waals surface area (Å²) < 4.78 is 15.8. The van der Waals surface area contributed by atoms with Crippen molar-refractivity contribution >= 4 is 11.8 Å². The molecule has 2 amide bonds. The molecule has 2 N–H and O–H groups in total. The molecule has 2 aromatic carbocycles. The van der Waals surface area contributed by atoms with Crippen LogP contribution in [0.3, 0.4) is 0 Å². The van der Waals surface area contributed by atoms with Gasteiger partial charge in [0.05, 0.1) is 19.7 Å². The number of carbonyl (C=O) groups is 2. The van der Waals surface area contributed by atoms with Gasteiger partial charge < -0.3 is 24.8 Å². The minimum Gasteiger partial charge on any atom is -0.496 e. The molecule has 142 valence electrons. The highest BCUT2D eigenvalue weighted by Crippen LogP contribution is 2.32. The van der Waals surface area contributed by atoms with Crippen LogP contribution in [0.1, 0.15) is 34.5 Å². The van der Waals surface area contributed by atoms with Crippen LogP contribution in [0.5, 0.6) is 17.2 Å². The zero-order valence-corrected chi connectivity index (χ0v) is 15.5. The number of carbonyl (C=O) groups excluding carboxylic acids is 2. The Hall–Kier alpha value is -3.22. The summed E-state index contributed by atoms with van der Waals surface area (Å²) in [6, 6.07) is 10.4. The molecular weight excluding hydrogens is 348 g/mol. The van der Waals surface area contributed by atoms with Gasteiger partial charge in [0, 0.05) is 11.1 Å². The molecule has 1 aliphatic heterocycles. The van der Waals surface area contributed by atoms with Crippen LogP contribution in [0.25, 0.3) is 0 Å². The van der Waals surface area contributed by atoms with Gasteiger partial charge in [0.2, 0.25) is 12.7 Å². The second-order valence-electron chi connectivity index (χ2n) is 6.29. The van der Waals surface area contributed by atoms with Crippen molar-refractivity contribution in [3.05, 3.63) is 53.1 Å². The van der Waals surface area contributed by atoms with Crippen LogP contribution >= 0.6 is 0 Å². The average Bonchev–Trinajstić information content (AvgIpc) is 3.13. The normalized spacial score (nSPS) is 13.0. The first-order valence-corrected chi connectivity index (χ1v) is 8.59. The highest BCUT2D eigenvalue weighted by Gasteiger charge is 2.18. The molecule has 3 rings (SSSR count). The van der Waals surface area contributed by atoms with E-state index in [1.807, 2.05) is 32.0 Å². The summed E-state index contributed by atoms with van der Waals surface area (Å²) in [5.74, 6) is 1.18. The Morgan fingerprint density at radius 3 is 2.70 bits per heavy atom. The Bertz CT molecular complexity index is 865. The molecule has 7 nitrogen and oxygen atoms in total. The van der Waals surface area contributed by atoms with E-state index in [1.165, 1.54) is 0 Å². The third-order valence-corrected chi connectivity index (χ3v) is 4.27. The summed E-state index contributed by atoms with van der Waals surface area (Å²) in [6.45, 7) is 3.85. The molecule has 27 heavy (non-hydrogen) atoms. The fourth-order valence-corrected chi connectivity index (χ4v) is 2.86. The lowest BCUT2D eigenvalue weighted by Crippen LogP contribution is -2.38. The van der Waals surface area contributed by atoms with Gasteiger partial charge in [0.1, 0.15) is 5.75 Å². The lowest BCUT2D eigenvalue weighted by molar-refractivity contribution is -0.120. The second-order valence-corrected chi connectivity index (χ2v) is 6.29. The van der Waals surface area contributed by atoms with Crippen LogP contribution < -0.4 is 24.8 Å². The third kappa shape index (κ3) is 4.31. The Morgan fingerprint density at radius 1 is 1.15 bits per heavy atom. The number of hydrogen-bond acceptors (Lipinski definition) is 5. The molecule has 0 aliphatic carbocycles. The summed E-state index contributed by atoms with van der Waals surface area (Å²) >= 11 is 0. The topological polar surface area (TPSA) is 85.9 Å². The Labute approximate surface area is 157 Å². The van der Waals surface area contributed by atoms with Gasteiger partial charge in [0.25, 0.3) is 5.91 Å². The van der Waals surface area contributed by atoms with Crippen LogP contribution in [-0.2, 0) is 4.79 Å². The predicted molar refractivity (Wildman–Crippen MR) is 99.2 cm³/mol. The first-order valence-electron chi connectivity index (χ1n) is 8.59. The van der Waals surface area contributed by atoms with E-state index in [9.17, 15) is 9.59 Å². The smallest absolute Gasteiger partial charge is 0.251 e. The highest BCUT2D eigenvalue weighted by molar-refractivity contribution is 5.97. The van der Waals surface area contributed by atoms with E-state index < -0.39 is 0 Å². The van der Waals surface area contributed by atoms with Gasteiger partial charge >= 0.3 is 0 Å². The van der Waals surface area contributed by atoms with Crippen LogP contribution in [0.2, 0.25) is 0 Å². The van der Waals surface area contributed by atoms with E-state index in [0.717, 1.165) is 11.1 Å². The second kappa shape index (κ2) is 7.99. The van der Waals surface area contributed by atoms with E-state index in [-0.39, 0.29) is 31.2 Å². The molecule has 0 unspecified atom stereocenters. The van der Waals surface area contributed by atoms with Gasteiger partial charge in [-0.05, 0) is 38.1 Å². The van der Waals surface area contributed by atoms with Gasteiger partial charge in [-0.3, -0.25) is 9.59 Å². The third-order valence-electron chi connectivity index (χ3n) is 4.27. The maximum atomic E-state index is 12.2. The van der Waals surface area contributed by atoms with E-state index in [1.54, 1.807) is 25.3 Å². The zero-order chi connectivity index (χ0) is 19.4. The summed E-state index contributed by atoms with van der Waals surface area (Å²) in [4.78, 5) is 24.5. The van der Waals surface area contributed by atoms with E-state index in [4.69, 9.17) is 14.2 Å². The minimum absolute atomic E-state index is 0.133. The number of rotatable bonds is 6. The van der Waals surface area contributed by atoms with Crippen LogP contribution in [0.15, 0.2) is 36.4 Å². The molecule has 1 atom stereocenters. The summed E-state index contributed by atoms with van der Waals surface area (Å²) in [5, 5.41) is 5.48. The Morgan fingerprint density at radius 2 is 1.93 bits per heavy atom. The van der Waals surface area contributed by atoms with Gasteiger partial charge in [-0.1, -0.05) is 17.7 Å². The standard InChI is InChI=1S/C20H22N2O5/c1-12-4-6-16(25-3)15(8-12)13(2)22-19(23)10-21-20(24)14-5-7-17-18(9-14)27-11-26-17/h4-9,13H,10-11H2,1-3H3,(H,21,24)(H,22,23)/t13-/m0/s1. The fourth-order valence-electron chi connectivity index (χ4n) is 2.86. The number of benzene rings is 2. The monoisotopic (exact) mass is 370 g/mol. The van der Waals surface area contributed by atoms with E-state index in [2.05, 4.69) is 10.6 Å². The number of amides is 2. The molecule has 0 aromatic heterocycles. The average molecular weight is 370 g/mol. The molecule has 0 saturated carbocycles. The van der Waals surface area contributed by atoms with Crippen molar-refractivity contribution < 1.29 is 23.8 Å². The lowest BCUT2D eigenvalue weighted by atomic mass is 10.0. The Kier molecular flexibility index (Phi) is 5.49. The van der Waals surface area contributed by atoms with Crippen molar-refractivity contribution in [1.82, 2.24) is 10.6 Å². The predicted octanol–water partition coefficient (Wildman–Crippen LogP) is 2.34. The maximum absolute atomic E-state index is 12.2. The van der Waals surface area contributed by atoms with Crippen LogP contribution in [0.4, 0.5) is 0 Å². The fraction of sp³-hybridized carbons (Fsp3) is 0.300. The van der Waals surface area contributed by atoms with Crippen LogP contribution in [0, 0.1) is 6.92 Å². The molecular formula is C20H22N2O5. The van der Waals surface area contributed by atoms with Crippen molar-refractivity contribution in [3.8, 4) is 17.2 Å². The molecule has 0 saturated heterocycles. The van der Waals surface area contributed by atoms with E-state index in [0.29, 0.717) is 22.8 Å². The van der Waals surface area contributed by atoms with Gasteiger partial charge in [0.15, 0.2) is 11.5 Å². The molecule has 7 heteroatoms. The molecule has 0 radical (unpaired) electrons. The van der Waals surface area contributed by atoms with Gasteiger partial charge in [-0.15, -0.1) is 0 Å². The van der Waals surface area contributed by atoms with Crippen molar-refractivity contribution in [1.29, 1.82) is 0 Å². The minimum atomic E-state index is -0.357. The molecule has 2 aromatic rings. The quantitative estimate of drug-likeness (QED) is 0.815. The highest BCUT2D eigenvalue weighted by atomic mass is 16.7. The molecule has 1 heterocycles. The first-order chi connectivity index (χ1) is 13.0. The lowest BCUT2D eigenvalue weighted by Gasteiger charge is -2.18. The number of aryl methyl sites for hydroxylation is 1. The molecule has 0 spiro atoms. The van der Waals surface area contributed by atoms with Crippen molar-refractivity contribution in [2.45, 2.75) is 19.9 Å². The number of methoxy groups -OCH3 is 1. The summed E-state index contributed by atoms with van der Waals surface area (Å²) in [6.07, 6.45) is 0. The summed E-state index contributed by atoms with van der Waals surface area (Å²) in [5.41, 5.74) is 2.36. The van der Waals surface area contributed by atoms with Crippen molar-refractivity contribution in [2.24, 2.45) is 0 Å². The zero-order valence-electron chi connectivity index (χ0n) is 15.5. The van der Waals surface area contributed by atoms with E-state index >= 15 is 0 Å². The largest absolute Gasteiger partial charge is 0.496 e. The van der Waals surface area contributed by atoms with Crippen LogP contribution in [-0.4, -0.2) is 32.3 Å². The van der Waals surface area contributed by atoms with Gasteiger partial charge in [-0.2, -0.15) is 0 Å². The molecule has 0 bridgehead atoms. The number of hydrogen-bond donors (Lipinski definition) is 2. The van der Waals surface area contributed by atoms with Crippen molar-refractivity contribution in [2.75, 3.05) is 20.4 Å². The first kappa shape index (κ1) is 18.6. The van der Waals surface area contributed by atoms with Crippen molar-refractivity contribution in [3.63, 3.8) is 0 Å². The maximum Gasteiger partial charge on any atom is 0.251 e. The SMILES string of the molecule is COc1ccc(C)cc1[C@H](C)NC(=O)CNC(=O)c1ccc2c(c1)OCO2. The molecule has 1 aliphatic rings. The summed E-state index contributed by atoms with van der Waals surface area (Å²) in [7, 11) is 1.59. The number of nitrogens with one attached hydrogen (secondary N) is 2.